The molecule has 1 aliphatic rings. The van der Waals surface area contributed by atoms with Gasteiger partial charge in [0, 0.05) is 25.8 Å². The normalized spacial score (nSPS) is 21.2. The predicted octanol–water partition coefficient (Wildman–Crippen LogP) is 0.325. The molecular weight excluding hydrogens is 206 g/mol. The van der Waals surface area contributed by atoms with Gasteiger partial charge in [-0.15, -0.1) is 0 Å². The molecule has 5 heteroatoms. The summed E-state index contributed by atoms with van der Waals surface area (Å²) < 4.78 is 1.69. The summed E-state index contributed by atoms with van der Waals surface area (Å²) in [4.78, 5) is 13.7. The van der Waals surface area contributed by atoms with Crippen molar-refractivity contribution in [3.8, 4) is 0 Å². The SMILES string of the molecule is Cc1cc(C(=O)N2CCCC(O)C2)nn1C. The van der Waals surface area contributed by atoms with E-state index < -0.39 is 0 Å². The molecule has 0 aromatic carbocycles. The molecule has 0 spiro atoms. The van der Waals surface area contributed by atoms with Gasteiger partial charge in [0.2, 0.25) is 0 Å². The summed E-state index contributed by atoms with van der Waals surface area (Å²) in [7, 11) is 1.82. The van der Waals surface area contributed by atoms with Crippen LogP contribution < -0.4 is 0 Å². The fourth-order valence-corrected chi connectivity index (χ4v) is 1.97. The van der Waals surface area contributed by atoms with Gasteiger partial charge in [0.05, 0.1) is 6.10 Å². The number of aliphatic hydroxyl groups excluding tert-OH is 1. The number of aromatic nitrogens is 2. The summed E-state index contributed by atoms with van der Waals surface area (Å²) in [6, 6.07) is 1.78. The number of carbonyl (C=O) groups excluding carboxylic acids is 1. The Hall–Kier alpha value is -1.36. The standard InChI is InChI=1S/C11H17N3O2/c1-8-6-10(12-13(8)2)11(16)14-5-3-4-9(15)7-14/h6,9,15H,3-5,7H2,1-2H3. The van der Waals surface area contributed by atoms with E-state index in [1.807, 2.05) is 14.0 Å². The van der Waals surface area contributed by atoms with Crippen LogP contribution in [0.5, 0.6) is 0 Å². The summed E-state index contributed by atoms with van der Waals surface area (Å²) in [5, 5.41) is 13.7. The first kappa shape index (κ1) is 11.1. The van der Waals surface area contributed by atoms with Crippen molar-refractivity contribution in [2.45, 2.75) is 25.9 Å². The van der Waals surface area contributed by atoms with E-state index in [4.69, 9.17) is 0 Å². The van der Waals surface area contributed by atoms with Crippen molar-refractivity contribution < 1.29 is 9.90 Å². The number of carbonyl (C=O) groups is 1. The van der Waals surface area contributed by atoms with Crippen LogP contribution in [0.15, 0.2) is 6.07 Å². The van der Waals surface area contributed by atoms with E-state index in [1.54, 1.807) is 15.6 Å². The molecule has 1 fully saturated rings. The first-order chi connectivity index (χ1) is 7.58. The lowest BCUT2D eigenvalue weighted by molar-refractivity contribution is 0.0468. The van der Waals surface area contributed by atoms with Gasteiger partial charge in [-0.3, -0.25) is 9.48 Å². The molecule has 1 atom stereocenters. The van der Waals surface area contributed by atoms with E-state index in [-0.39, 0.29) is 12.0 Å². The third-order valence-electron chi connectivity index (χ3n) is 3.02. The quantitative estimate of drug-likeness (QED) is 0.746. The molecule has 88 valence electrons. The maximum atomic E-state index is 12.0. The third kappa shape index (κ3) is 2.09. The fourth-order valence-electron chi connectivity index (χ4n) is 1.97. The maximum absolute atomic E-state index is 12.0. The van der Waals surface area contributed by atoms with Gasteiger partial charge in [-0.25, -0.2) is 0 Å². The van der Waals surface area contributed by atoms with E-state index >= 15 is 0 Å². The van der Waals surface area contributed by atoms with E-state index in [0.717, 1.165) is 18.5 Å². The zero-order chi connectivity index (χ0) is 11.7. The Kier molecular flexibility index (Phi) is 2.96. The lowest BCUT2D eigenvalue weighted by atomic mass is 10.1. The topological polar surface area (TPSA) is 58.4 Å². The number of rotatable bonds is 1. The minimum Gasteiger partial charge on any atom is -0.391 e. The van der Waals surface area contributed by atoms with Crippen molar-refractivity contribution in [3.05, 3.63) is 17.5 Å². The van der Waals surface area contributed by atoms with Crippen LogP contribution in [-0.2, 0) is 7.05 Å². The van der Waals surface area contributed by atoms with E-state index in [0.29, 0.717) is 18.8 Å². The summed E-state index contributed by atoms with van der Waals surface area (Å²) in [6.07, 6.45) is 1.26. The highest BCUT2D eigenvalue weighted by Gasteiger charge is 2.24. The minimum absolute atomic E-state index is 0.0811. The molecule has 16 heavy (non-hydrogen) atoms. The van der Waals surface area contributed by atoms with Crippen LogP contribution in [0, 0.1) is 6.92 Å². The van der Waals surface area contributed by atoms with Crippen molar-refractivity contribution in [1.82, 2.24) is 14.7 Å². The van der Waals surface area contributed by atoms with Crippen LogP contribution in [0.25, 0.3) is 0 Å². The number of aliphatic hydroxyl groups is 1. The highest BCUT2D eigenvalue weighted by atomic mass is 16.3. The monoisotopic (exact) mass is 223 g/mol. The smallest absolute Gasteiger partial charge is 0.274 e. The van der Waals surface area contributed by atoms with Crippen molar-refractivity contribution in [3.63, 3.8) is 0 Å². The molecule has 0 saturated carbocycles. The van der Waals surface area contributed by atoms with Crippen LogP contribution in [-0.4, -0.2) is 44.9 Å². The van der Waals surface area contributed by atoms with Crippen LogP contribution in [0.2, 0.25) is 0 Å². The Morgan fingerprint density at radius 3 is 2.94 bits per heavy atom. The lowest BCUT2D eigenvalue weighted by Gasteiger charge is -2.29. The average Bonchev–Trinajstić information content (AvgIpc) is 2.58. The van der Waals surface area contributed by atoms with Gasteiger partial charge in [0.1, 0.15) is 0 Å². The highest BCUT2D eigenvalue weighted by Crippen LogP contribution is 2.13. The number of hydrogen-bond acceptors (Lipinski definition) is 3. The second-order valence-corrected chi connectivity index (χ2v) is 4.34. The largest absolute Gasteiger partial charge is 0.391 e. The number of hydrogen-bond donors (Lipinski definition) is 1. The number of piperidine rings is 1. The zero-order valence-corrected chi connectivity index (χ0v) is 9.68. The number of aryl methyl sites for hydroxylation is 2. The molecule has 1 aromatic rings. The van der Waals surface area contributed by atoms with Gasteiger partial charge in [0.25, 0.3) is 5.91 Å². The van der Waals surface area contributed by atoms with Crippen LogP contribution in [0.3, 0.4) is 0 Å². The third-order valence-corrected chi connectivity index (χ3v) is 3.02. The predicted molar refractivity (Wildman–Crippen MR) is 59.1 cm³/mol. The molecule has 1 unspecified atom stereocenters. The molecular formula is C11H17N3O2. The zero-order valence-electron chi connectivity index (χ0n) is 9.68. The summed E-state index contributed by atoms with van der Waals surface area (Å²) in [5.74, 6) is -0.0811. The molecule has 1 aromatic heterocycles. The maximum Gasteiger partial charge on any atom is 0.274 e. The summed E-state index contributed by atoms with van der Waals surface area (Å²) in [5.41, 5.74) is 1.43. The second kappa shape index (κ2) is 4.25. The van der Waals surface area contributed by atoms with Gasteiger partial charge < -0.3 is 10.0 Å². The molecule has 2 rings (SSSR count). The fraction of sp³-hybridized carbons (Fsp3) is 0.636. The highest BCUT2D eigenvalue weighted by molar-refractivity contribution is 5.92. The first-order valence-electron chi connectivity index (χ1n) is 5.56. The van der Waals surface area contributed by atoms with E-state index in [1.165, 1.54) is 0 Å². The lowest BCUT2D eigenvalue weighted by Crippen LogP contribution is -2.42. The Labute approximate surface area is 94.7 Å². The van der Waals surface area contributed by atoms with Gasteiger partial charge in [-0.2, -0.15) is 5.10 Å². The van der Waals surface area contributed by atoms with E-state index in [9.17, 15) is 9.90 Å². The summed E-state index contributed by atoms with van der Waals surface area (Å²) >= 11 is 0. The van der Waals surface area contributed by atoms with Crippen molar-refractivity contribution >= 4 is 5.91 Å². The van der Waals surface area contributed by atoms with Crippen LogP contribution in [0.4, 0.5) is 0 Å². The number of β-amino-alcohol motifs (C(OH)–C–C–N with tert-alkyl or cyclic N) is 1. The van der Waals surface area contributed by atoms with Gasteiger partial charge in [0.15, 0.2) is 5.69 Å². The van der Waals surface area contributed by atoms with Crippen molar-refractivity contribution in [2.24, 2.45) is 7.05 Å². The number of nitrogens with zero attached hydrogens (tertiary/aromatic N) is 3. The number of amides is 1. The van der Waals surface area contributed by atoms with E-state index in [2.05, 4.69) is 5.10 Å². The molecule has 5 nitrogen and oxygen atoms in total. The Morgan fingerprint density at radius 2 is 2.38 bits per heavy atom. The average molecular weight is 223 g/mol. The molecule has 0 bridgehead atoms. The molecule has 1 amide bonds. The van der Waals surface area contributed by atoms with Gasteiger partial charge in [-0.05, 0) is 25.8 Å². The van der Waals surface area contributed by atoms with Gasteiger partial charge in [-0.1, -0.05) is 0 Å². The molecule has 1 N–H and O–H groups in total. The minimum atomic E-state index is -0.387. The van der Waals surface area contributed by atoms with Crippen molar-refractivity contribution in [2.75, 3.05) is 13.1 Å². The molecule has 0 aliphatic carbocycles. The Bertz CT molecular complexity index is 380. The Balaban J connectivity index is 2.12. The van der Waals surface area contributed by atoms with Crippen LogP contribution >= 0.6 is 0 Å². The number of likely N-dealkylation sites (tertiary alicyclic amines) is 1. The molecule has 0 radical (unpaired) electrons. The van der Waals surface area contributed by atoms with Gasteiger partial charge >= 0.3 is 0 Å². The second-order valence-electron chi connectivity index (χ2n) is 4.34. The van der Waals surface area contributed by atoms with Crippen molar-refractivity contribution in [1.29, 1.82) is 0 Å². The Morgan fingerprint density at radius 1 is 1.62 bits per heavy atom. The van der Waals surface area contributed by atoms with Crippen LogP contribution in [0.1, 0.15) is 29.0 Å². The summed E-state index contributed by atoms with van der Waals surface area (Å²) in [6.45, 7) is 3.05. The molecule has 1 aliphatic heterocycles. The molecule has 1 saturated heterocycles. The first-order valence-corrected chi connectivity index (χ1v) is 5.56. The molecule has 2 heterocycles.